The molecule has 1 saturated carbocycles. The Bertz CT molecular complexity index is 973. The summed E-state index contributed by atoms with van der Waals surface area (Å²) in [6.07, 6.45) is 4.68. The van der Waals surface area contributed by atoms with E-state index in [9.17, 15) is 9.59 Å². The first-order valence-corrected chi connectivity index (χ1v) is 11.3. The summed E-state index contributed by atoms with van der Waals surface area (Å²) in [7, 11) is 0. The SMILES string of the molecule is O=C(CN1C(=O)CC(c2ccc3c(c2)OCO3)Sc2ccccc21)NC1CCCC1. The van der Waals surface area contributed by atoms with Gasteiger partial charge in [0.05, 0.1) is 5.69 Å². The summed E-state index contributed by atoms with van der Waals surface area (Å²) in [5, 5.41) is 3.04. The summed E-state index contributed by atoms with van der Waals surface area (Å²) < 4.78 is 10.9. The fourth-order valence-corrected chi connectivity index (χ4v) is 5.61. The number of nitrogens with one attached hydrogen (secondary N) is 1. The molecule has 1 fully saturated rings. The van der Waals surface area contributed by atoms with Gasteiger partial charge in [0.15, 0.2) is 11.5 Å². The van der Waals surface area contributed by atoms with E-state index in [1.807, 2.05) is 42.5 Å². The first-order chi connectivity index (χ1) is 14.7. The van der Waals surface area contributed by atoms with Crippen LogP contribution in [0.15, 0.2) is 47.4 Å². The molecule has 0 aromatic heterocycles. The standard InChI is InChI=1S/C23H24N2O4S/c26-22(24-16-5-1-2-6-16)13-25-17-7-3-4-8-20(17)30-21(12-23(25)27)15-9-10-18-19(11-15)29-14-28-18/h3-4,7-11,16,21H,1-2,5-6,12-14H2,(H,24,26). The molecule has 1 N–H and O–H groups in total. The molecule has 0 saturated heterocycles. The lowest BCUT2D eigenvalue weighted by molar-refractivity contribution is -0.124. The zero-order valence-corrected chi connectivity index (χ0v) is 17.5. The molecule has 0 bridgehead atoms. The highest BCUT2D eigenvalue weighted by molar-refractivity contribution is 7.99. The van der Waals surface area contributed by atoms with Gasteiger partial charge in [0.1, 0.15) is 6.54 Å². The topological polar surface area (TPSA) is 67.9 Å². The maximum absolute atomic E-state index is 13.2. The number of thioether (sulfide) groups is 1. The van der Waals surface area contributed by atoms with Gasteiger partial charge in [0.25, 0.3) is 0 Å². The number of fused-ring (bicyclic) bond motifs is 2. The summed E-state index contributed by atoms with van der Waals surface area (Å²) >= 11 is 1.65. The quantitative estimate of drug-likeness (QED) is 0.802. The summed E-state index contributed by atoms with van der Waals surface area (Å²) in [4.78, 5) is 28.6. The maximum Gasteiger partial charge on any atom is 0.240 e. The van der Waals surface area contributed by atoms with Crippen molar-refractivity contribution in [1.82, 2.24) is 5.32 Å². The van der Waals surface area contributed by atoms with Gasteiger partial charge < -0.3 is 19.7 Å². The molecule has 3 aliphatic rings. The first kappa shape index (κ1) is 19.3. The lowest BCUT2D eigenvalue weighted by Gasteiger charge is -2.23. The Morgan fingerprint density at radius 3 is 2.77 bits per heavy atom. The predicted molar refractivity (Wildman–Crippen MR) is 115 cm³/mol. The second-order valence-electron chi connectivity index (χ2n) is 7.92. The number of hydrogen-bond acceptors (Lipinski definition) is 5. The van der Waals surface area contributed by atoms with Crippen LogP contribution in [0, 0.1) is 0 Å². The molecule has 156 valence electrons. The number of benzene rings is 2. The van der Waals surface area contributed by atoms with Gasteiger partial charge in [0.2, 0.25) is 18.6 Å². The third-order valence-electron chi connectivity index (χ3n) is 5.88. The number of hydrogen-bond donors (Lipinski definition) is 1. The van der Waals surface area contributed by atoms with Gasteiger partial charge >= 0.3 is 0 Å². The minimum atomic E-state index is -0.0865. The Balaban J connectivity index is 1.39. The Hall–Kier alpha value is -2.67. The van der Waals surface area contributed by atoms with E-state index in [4.69, 9.17) is 9.47 Å². The van der Waals surface area contributed by atoms with Crippen LogP contribution in [0.4, 0.5) is 5.69 Å². The minimum absolute atomic E-state index is 0.0447. The third-order valence-corrected chi connectivity index (χ3v) is 7.20. The Kier molecular flexibility index (Phi) is 5.29. The molecule has 2 amide bonds. The number of carbonyl (C=O) groups is 2. The number of carbonyl (C=O) groups excluding carboxylic acids is 2. The van der Waals surface area contributed by atoms with Crippen LogP contribution < -0.4 is 19.7 Å². The van der Waals surface area contributed by atoms with Gasteiger partial charge in [-0.15, -0.1) is 11.8 Å². The molecule has 2 aromatic carbocycles. The smallest absolute Gasteiger partial charge is 0.240 e. The zero-order chi connectivity index (χ0) is 20.5. The van der Waals surface area contributed by atoms with Gasteiger partial charge in [-0.25, -0.2) is 0 Å². The number of ether oxygens (including phenoxy) is 2. The molecule has 6 nitrogen and oxygen atoms in total. The summed E-state index contributed by atoms with van der Waals surface area (Å²) in [6, 6.07) is 13.9. The average Bonchev–Trinajstić information content (AvgIpc) is 3.40. The highest BCUT2D eigenvalue weighted by Crippen LogP contribution is 2.47. The number of para-hydroxylation sites is 1. The van der Waals surface area contributed by atoms with Crippen LogP contribution in [-0.2, 0) is 9.59 Å². The number of amides is 2. The van der Waals surface area contributed by atoms with E-state index in [0.717, 1.165) is 47.6 Å². The molecule has 5 rings (SSSR count). The van der Waals surface area contributed by atoms with Gasteiger partial charge in [-0.1, -0.05) is 31.0 Å². The first-order valence-electron chi connectivity index (χ1n) is 10.4. The molecule has 1 aliphatic carbocycles. The summed E-state index contributed by atoms with van der Waals surface area (Å²) in [5.74, 6) is 1.31. The predicted octanol–water partition coefficient (Wildman–Crippen LogP) is 4.04. The second kappa shape index (κ2) is 8.22. The van der Waals surface area contributed by atoms with Crippen LogP contribution >= 0.6 is 11.8 Å². The van der Waals surface area contributed by atoms with E-state index >= 15 is 0 Å². The van der Waals surface area contributed by atoms with Crippen LogP contribution in [0.5, 0.6) is 11.5 Å². The Morgan fingerprint density at radius 2 is 1.90 bits per heavy atom. The highest BCUT2D eigenvalue weighted by atomic mass is 32.2. The molecule has 30 heavy (non-hydrogen) atoms. The molecular weight excluding hydrogens is 400 g/mol. The monoisotopic (exact) mass is 424 g/mol. The van der Waals surface area contributed by atoms with Crippen molar-refractivity contribution in [2.45, 2.75) is 48.3 Å². The second-order valence-corrected chi connectivity index (χ2v) is 9.16. The van der Waals surface area contributed by atoms with E-state index in [-0.39, 0.29) is 36.4 Å². The Labute approximate surface area is 179 Å². The average molecular weight is 425 g/mol. The van der Waals surface area contributed by atoms with Crippen LogP contribution in [-0.4, -0.2) is 31.2 Å². The van der Waals surface area contributed by atoms with Crippen LogP contribution in [0.1, 0.15) is 42.9 Å². The zero-order valence-electron chi connectivity index (χ0n) is 16.6. The van der Waals surface area contributed by atoms with Crippen LogP contribution in [0.2, 0.25) is 0 Å². The normalized spacial score (nSPS) is 20.7. The van der Waals surface area contributed by atoms with Crippen LogP contribution in [0.25, 0.3) is 0 Å². The van der Waals surface area contributed by atoms with E-state index < -0.39 is 0 Å². The maximum atomic E-state index is 13.2. The number of anilines is 1. The van der Waals surface area contributed by atoms with Gasteiger partial charge in [-0.05, 0) is 42.7 Å². The van der Waals surface area contributed by atoms with Crippen molar-refractivity contribution < 1.29 is 19.1 Å². The van der Waals surface area contributed by atoms with E-state index in [0.29, 0.717) is 12.2 Å². The highest BCUT2D eigenvalue weighted by Gasteiger charge is 2.31. The van der Waals surface area contributed by atoms with Crippen molar-refractivity contribution in [1.29, 1.82) is 0 Å². The Morgan fingerprint density at radius 1 is 1.10 bits per heavy atom. The largest absolute Gasteiger partial charge is 0.454 e. The third kappa shape index (κ3) is 3.86. The molecule has 2 aliphatic heterocycles. The van der Waals surface area contributed by atoms with Crippen molar-refractivity contribution in [2.75, 3.05) is 18.2 Å². The lowest BCUT2D eigenvalue weighted by atomic mass is 10.1. The molecule has 0 spiro atoms. The van der Waals surface area contributed by atoms with Gasteiger partial charge in [-0.3, -0.25) is 9.59 Å². The van der Waals surface area contributed by atoms with E-state index in [1.54, 1.807) is 16.7 Å². The molecule has 2 aromatic rings. The summed E-state index contributed by atoms with van der Waals surface area (Å²) in [6.45, 7) is 0.281. The van der Waals surface area contributed by atoms with Crippen LogP contribution in [0.3, 0.4) is 0 Å². The van der Waals surface area contributed by atoms with Gasteiger partial charge in [0, 0.05) is 22.6 Å². The van der Waals surface area contributed by atoms with Crippen molar-refractivity contribution >= 4 is 29.3 Å². The van der Waals surface area contributed by atoms with Crippen molar-refractivity contribution in [3.63, 3.8) is 0 Å². The number of nitrogens with zero attached hydrogens (tertiary/aromatic N) is 1. The molecular formula is C23H24N2O4S. The lowest BCUT2D eigenvalue weighted by Crippen LogP contribution is -2.43. The van der Waals surface area contributed by atoms with Crippen molar-refractivity contribution in [2.24, 2.45) is 0 Å². The van der Waals surface area contributed by atoms with E-state index in [1.165, 1.54) is 0 Å². The van der Waals surface area contributed by atoms with Crippen molar-refractivity contribution in [3.05, 3.63) is 48.0 Å². The summed E-state index contributed by atoms with van der Waals surface area (Å²) in [5.41, 5.74) is 1.82. The minimum Gasteiger partial charge on any atom is -0.454 e. The molecule has 2 heterocycles. The fourth-order valence-electron chi connectivity index (χ4n) is 4.34. The fraction of sp³-hybridized carbons (Fsp3) is 0.391. The number of rotatable bonds is 4. The van der Waals surface area contributed by atoms with Gasteiger partial charge in [-0.2, -0.15) is 0 Å². The molecule has 1 atom stereocenters. The molecule has 7 heteroatoms. The van der Waals surface area contributed by atoms with E-state index in [2.05, 4.69) is 5.32 Å². The molecule has 0 radical (unpaired) electrons. The van der Waals surface area contributed by atoms with Crippen molar-refractivity contribution in [3.8, 4) is 11.5 Å². The molecule has 1 unspecified atom stereocenters.